The average molecular weight is 224 g/mol. The van der Waals surface area contributed by atoms with Crippen molar-refractivity contribution in [2.24, 2.45) is 20.7 Å². The minimum absolute atomic E-state index is 0.276. The Hall–Kier alpha value is -2.72. The highest BCUT2D eigenvalue weighted by Crippen LogP contribution is 2.14. The fraction of sp³-hybridized carbons (Fsp3) is 0.200. The molecular formula is C5H4N8O3. The van der Waals surface area contributed by atoms with Crippen molar-refractivity contribution in [2.45, 2.75) is 6.29 Å². The van der Waals surface area contributed by atoms with Crippen LogP contribution in [0, 0.1) is 10.1 Å². The van der Waals surface area contributed by atoms with Crippen LogP contribution in [0.5, 0.6) is 0 Å². The third kappa shape index (κ3) is 1.73. The molecule has 0 saturated carbocycles. The molecule has 16 heavy (non-hydrogen) atoms. The van der Waals surface area contributed by atoms with E-state index in [0.717, 1.165) is 6.20 Å². The summed E-state index contributed by atoms with van der Waals surface area (Å²) in [5.74, 6) is -0.756. The molecule has 1 aromatic rings. The van der Waals surface area contributed by atoms with Crippen molar-refractivity contribution in [3.05, 3.63) is 22.0 Å². The summed E-state index contributed by atoms with van der Waals surface area (Å²) in [7, 11) is 0. The third-order valence-corrected chi connectivity index (χ3v) is 1.67. The van der Waals surface area contributed by atoms with E-state index in [1.807, 2.05) is 0 Å². The van der Waals surface area contributed by atoms with Crippen LogP contribution in [0.3, 0.4) is 0 Å². The number of aromatic amines is 1. The lowest BCUT2D eigenvalue weighted by molar-refractivity contribution is -0.385. The van der Waals surface area contributed by atoms with Crippen LogP contribution in [-0.4, -0.2) is 27.3 Å². The first-order valence-electron chi connectivity index (χ1n) is 3.97. The molecule has 82 valence electrons. The lowest BCUT2D eigenvalue weighted by Gasteiger charge is -2.02. The first-order valence-corrected chi connectivity index (χ1v) is 3.97. The van der Waals surface area contributed by atoms with Crippen LogP contribution in [-0.2, 0) is 0 Å². The Bertz CT molecular complexity index is 478. The zero-order valence-corrected chi connectivity index (χ0v) is 7.56. The van der Waals surface area contributed by atoms with Crippen molar-refractivity contribution in [2.75, 3.05) is 0 Å². The molecule has 1 aliphatic heterocycles. The third-order valence-electron chi connectivity index (χ3n) is 1.67. The average Bonchev–Trinajstić information content (AvgIpc) is 2.86. The number of nitro groups is 1. The fourth-order valence-corrected chi connectivity index (χ4v) is 1.000. The van der Waals surface area contributed by atoms with Crippen molar-refractivity contribution in [1.82, 2.24) is 15.5 Å². The molecule has 0 aromatic carbocycles. The molecule has 0 radical (unpaired) electrons. The van der Waals surface area contributed by atoms with Crippen LogP contribution in [0.25, 0.3) is 0 Å². The van der Waals surface area contributed by atoms with Crippen LogP contribution >= 0.6 is 0 Å². The second-order valence-corrected chi connectivity index (χ2v) is 2.64. The molecule has 1 amide bonds. The van der Waals surface area contributed by atoms with E-state index in [1.54, 1.807) is 0 Å². The van der Waals surface area contributed by atoms with Gasteiger partial charge in [0.1, 0.15) is 6.20 Å². The Morgan fingerprint density at radius 1 is 1.50 bits per heavy atom. The molecule has 0 spiro atoms. The lowest BCUT2D eigenvalue weighted by atomic mass is 10.3. The minimum atomic E-state index is -0.949. The largest absolute Gasteiger partial charge is 0.319 e. The molecule has 0 fully saturated rings. The van der Waals surface area contributed by atoms with Crippen LogP contribution in [0.15, 0.2) is 26.9 Å². The van der Waals surface area contributed by atoms with Crippen LogP contribution in [0.4, 0.5) is 5.69 Å². The van der Waals surface area contributed by atoms with Gasteiger partial charge < -0.3 is 5.32 Å². The fourth-order valence-electron chi connectivity index (χ4n) is 1.000. The van der Waals surface area contributed by atoms with E-state index in [0.29, 0.717) is 0 Å². The van der Waals surface area contributed by atoms with Crippen LogP contribution in [0.1, 0.15) is 10.5 Å². The predicted molar refractivity (Wildman–Crippen MR) is 46.2 cm³/mol. The number of hydrogen-bond acceptors (Lipinski definition) is 8. The standard InChI is InChI=1S/C5H4N8O3/c14-4(7-5-9-11-12-10-5)3-2(13(15)16)1-6-8-3/h1,5H,(H,6,8)(H,7,14). The normalized spacial score (nSPS) is 14.2. The van der Waals surface area contributed by atoms with Crippen molar-refractivity contribution in [3.63, 3.8) is 0 Å². The lowest BCUT2D eigenvalue weighted by Crippen LogP contribution is -2.31. The highest BCUT2D eigenvalue weighted by molar-refractivity contribution is 5.96. The van der Waals surface area contributed by atoms with Gasteiger partial charge in [-0.2, -0.15) is 5.10 Å². The van der Waals surface area contributed by atoms with Gasteiger partial charge in [0.05, 0.1) is 4.92 Å². The minimum Gasteiger partial charge on any atom is -0.307 e. The number of amides is 1. The van der Waals surface area contributed by atoms with Gasteiger partial charge in [-0.25, -0.2) is 0 Å². The van der Waals surface area contributed by atoms with Crippen molar-refractivity contribution < 1.29 is 9.72 Å². The number of aromatic nitrogens is 2. The summed E-state index contributed by atoms with van der Waals surface area (Å²) in [5.41, 5.74) is -0.702. The SMILES string of the molecule is O=C(NC1N=NN=N1)c1[nH]ncc1[N+](=O)[O-]. The molecule has 0 bridgehead atoms. The highest BCUT2D eigenvalue weighted by atomic mass is 16.6. The molecule has 0 unspecified atom stereocenters. The maximum Gasteiger partial charge on any atom is 0.319 e. The van der Waals surface area contributed by atoms with E-state index in [4.69, 9.17) is 0 Å². The van der Waals surface area contributed by atoms with Gasteiger partial charge in [0.2, 0.25) is 5.69 Å². The zero-order valence-electron chi connectivity index (χ0n) is 7.56. The van der Waals surface area contributed by atoms with Crippen LogP contribution < -0.4 is 5.32 Å². The van der Waals surface area contributed by atoms with E-state index in [2.05, 4.69) is 36.2 Å². The van der Waals surface area contributed by atoms with Crippen molar-refractivity contribution in [3.8, 4) is 0 Å². The zero-order chi connectivity index (χ0) is 11.5. The Morgan fingerprint density at radius 2 is 2.19 bits per heavy atom. The smallest absolute Gasteiger partial charge is 0.307 e. The monoisotopic (exact) mass is 224 g/mol. The summed E-state index contributed by atoms with van der Waals surface area (Å²) in [6.07, 6.45) is -0.0116. The Balaban J connectivity index is 2.14. The number of carbonyl (C=O) groups excluding carboxylic acids is 1. The van der Waals surface area contributed by atoms with Crippen molar-refractivity contribution >= 4 is 11.6 Å². The van der Waals surface area contributed by atoms with Gasteiger partial charge in [-0.15, -0.1) is 10.2 Å². The first kappa shape index (κ1) is 9.82. The topological polar surface area (TPSA) is 150 Å². The van der Waals surface area contributed by atoms with Crippen LogP contribution in [0.2, 0.25) is 0 Å². The molecule has 2 heterocycles. The van der Waals surface area contributed by atoms with E-state index in [9.17, 15) is 14.9 Å². The van der Waals surface area contributed by atoms with Gasteiger partial charge in [-0.05, 0) is 10.4 Å². The van der Waals surface area contributed by atoms with E-state index in [1.165, 1.54) is 0 Å². The van der Waals surface area contributed by atoms with Gasteiger partial charge in [-0.1, -0.05) is 0 Å². The Kier molecular flexibility index (Phi) is 2.33. The van der Waals surface area contributed by atoms with E-state index in [-0.39, 0.29) is 5.69 Å². The Morgan fingerprint density at radius 3 is 2.81 bits per heavy atom. The van der Waals surface area contributed by atoms with Gasteiger partial charge in [0.15, 0.2) is 0 Å². The summed E-state index contributed by atoms with van der Waals surface area (Å²) in [4.78, 5) is 21.3. The van der Waals surface area contributed by atoms with Gasteiger partial charge >= 0.3 is 5.69 Å². The second kappa shape index (κ2) is 3.80. The quantitative estimate of drug-likeness (QED) is 0.555. The van der Waals surface area contributed by atoms with E-state index < -0.39 is 22.8 Å². The summed E-state index contributed by atoms with van der Waals surface area (Å²) >= 11 is 0. The summed E-state index contributed by atoms with van der Waals surface area (Å²) in [6.45, 7) is 0. The second-order valence-electron chi connectivity index (χ2n) is 2.64. The van der Waals surface area contributed by atoms with Crippen molar-refractivity contribution in [1.29, 1.82) is 0 Å². The van der Waals surface area contributed by atoms with Gasteiger partial charge in [-0.3, -0.25) is 20.0 Å². The maximum absolute atomic E-state index is 11.5. The number of rotatable bonds is 3. The number of hydrogen-bond donors (Lipinski definition) is 2. The number of H-pyrrole nitrogens is 1. The molecule has 0 atom stereocenters. The molecule has 11 heteroatoms. The molecule has 11 nitrogen and oxygen atoms in total. The summed E-state index contributed by atoms with van der Waals surface area (Å²) < 4.78 is 0. The molecule has 0 saturated heterocycles. The number of carbonyl (C=O) groups is 1. The molecule has 0 aliphatic carbocycles. The van der Waals surface area contributed by atoms with Gasteiger partial charge in [0, 0.05) is 0 Å². The summed E-state index contributed by atoms with van der Waals surface area (Å²) in [5, 5.41) is 31.5. The molecular weight excluding hydrogens is 220 g/mol. The molecule has 2 rings (SSSR count). The molecule has 1 aromatic heterocycles. The van der Waals surface area contributed by atoms with Gasteiger partial charge in [0.25, 0.3) is 12.2 Å². The first-order chi connectivity index (χ1) is 7.68. The molecule has 2 N–H and O–H groups in total. The predicted octanol–water partition coefficient (Wildman–Crippen LogP) is 0.164. The number of nitrogens with one attached hydrogen (secondary N) is 2. The van der Waals surface area contributed by atoms with E-state index >= 15 is 0 Å². The summed E-state index contributed by atoms with van der Waals surface area (Å²) in [6, 6.07) is 0. The Labute approximate surface area is 86.8 Å². The maximum atomic E-state index is 11.5. The highest BCUT2D eigenvalue weighted by Gasteiger charge is 2.25. The number of nitrogens with zero attached hydrogens (tertiary/aromatic N) is 6. The molecule has 1 aliphatic rings.